The Balaban J connectivity index is 1.62. The van der Waals surface area contributed by atoms with Crippen molar-refractivity contribution in [2.24, 2.45) is 0 Å². The number of aromatic nitrogens is 1. The number of ether oxygens (including phenoxy) is 2. The van der Waals surface area contributed by atoms with Crippen LogP contribution in [0.15, 0.2) is 46.0 Å². The molecule has 0 saturated carbocycles. The number of thioether (sulfide) groups is 1. The number of nitrogens with zero attached hydrogens (tertiary/aromatic N) is 1. The standard InChI is InChI=1S/C18H15NO4S/c1-21-14-7-10-8-16(17(20)11(10)9-15(14)22-2)24-18-19-12-5-3-4-6-13(12)23-18/h3-7,9,16H,8H2,1-2H3/t16-/m1/s1. The van der Waals surface area contributed by atoms with Gasteiger partial charge in [0.05, 0.1) is 19.5 Å². The van der Waals surface area contributed by atoms with Crippen LogP contribution in [0.2, 0.25) is 0 Å². The maximum Gasteiger partial charge on any atom is 0.257 e. The highest BCUT2D eigenvalue weighted by Crippen LogP contribution is 2.40. The highest BCUT2D eigenvalue weighted by atomic mass is 32.2. The number of hydrogen-bond donors (Lipinski definition) is 0. The third kappa shape index (κ3) is 2.43. The van der Waals surface area contributed by atoms with Crippen molar-refractivity contribution in [1.29, 1.82) is 0 Å². The van der Waals surface area contributed by atoms with E-state index in [-0.39, 0.29) is 11.0 Å². The van der Waals surface area contributed by atoms with E-state index in [4.69, 9.17) is 13.9 Å². The molecular formula is C18H15NO4S. The molecule has 0 aliphatic heterocycles. The predicted octanol–water partition coefficient (Wildman–Crippen LogP) is 3.74. The molecule has 1 aliphatic carbocycles. The Morgan fingerprint density at radius 1 is 1.17 bits per heavy atom. The van der Waals surface area contributed by atoms with Crippen molar-refractivity contribution in [1.82, 2.24) is 4.98 Å². The van der Waals surface area contributed by atoms with Crippen molar-refractivity contribution in [3.05, 3.63) is 47.5 Å². The molecule has 0 spiro atoms. The van der Waals surface area contributed by atoms with Crippen LogP contribution in [0.5, 0.6) is 11.5 Å². The van der Waals surface area contributed by atoms with Gasteiger partial charge in [-0.3, -0.25) is 4.79 Å². The van der Waals surface area contributed by atoms with Crippen LogP contribution in [0, 0.1) is 0 Å². The lowest BCUT2D eigenvalue weighted by molar-refractivity contribution is 0.0999. The normalized spacial score (nSPS) is 16.4. The van der Waals surface area contributed by atoms with Crippen LogP contribution in [0.25, 0.3) is 11.1 Å². The molecule has 122 valence electrons. The fourth-order valence-corrected chi connectivity index (χ4v) is 3.93. The van der Waals surface area contributed by atoms with Gasteiger partial charge in [-0.2, -0.15) is 0 Å². The minimum absolute atomic E-state index is 0.0678. The zero-order valence-electron chi connectivity index (χ0n) is 13.2. The van der Waals surface area contributed by atoms with Crippen LogP contribution < -0.4 is 9.47 Å². The van der Waals surface area contributed by atoms with E-state index in [1.807, 2.05) is 30.3 Å². The summed E-state index contributed by atoms with van der Waals surface area (Å²) in [6, 6.07) is 11.2. The first-order chi connectivity index (χ1) is 11.7. The molecule has 3 aromatic rings. The minimum Gasteiger partial charge on any atom is -0.493 e. The van der Waals surface area contributed by atoms with Gasteiger partial charge in [0.1, 0.15) is 5.52 Å². The van der Waals surface area contributed by atoms with E-state index in [1.165, 1.54) is 11.8 Å². The van der Waals surface area contributed by atoms with Gasteiger partial charge in [-0.25, -0.2) is 4.98 Å². The summed E-state index contributed by atoms with van der Waals surface area (Å²) < 4.78 is 16.3. The van der Waals surface area contributed by atoms with Gasteiger partial charge in [0.25, 0.3) is 5.22 Å². The first-order valence-corrected chi connectivity index (χ1v) is 8.39. The highest BCUT2D eigenvalue weighted by Gasteiger charge is 2.34. The topological polar surface area (TPSA) is 61.6 Å². The van der Waals surface area contributed by atoms with Crippen LogP contribution in [0.3, 0.4) is 0 Å². The minimum atomic E-state index is -0.245. The maximum atomic E-state index is 12.7. The van der Waals surface area contributed by atoms with E-state index in [0.717, 1.165) is 16.7 Å². The first-order valence-electron chi connectivity index (χ1n) is 7.51. The molecule has 6 heteroatoms. The first kappa shape index (κ1) is 15.1. The number of rotatable bonds is 4. The van der Waals surface area contributed by atoms with Gasteiger partial charge in [-0.15, -0.1) is 0 Å². The number of carbonyl (C=O) groups excluding carboxylic acids is 1. The molecule has 4 rings (SSSR count). The number of benzene rings is 2. The largest absolute Gasteiger partial charge is 0.493 e. The van der Waals surface area contributed by atoms with Crippen molar-refractivity contribution in [2.45, 2.75) is 16.9 Å². The molecule has 0 radical (unpaired) electrons. The number of carbonyl (C=O) groups is 1. The molecule has 1 aliphatic rings. The summed E-state index contributed by atoms with van der Waals surface area (Å²) in [5, 5.41) is 0.270. The van der Waals surface area contributed by atoms with Gasteiger partial charge >= 0.3 is 0 Å². The van der Waals surface area contributed by atoms with Gasteiger partial charge in [0.2, 0.25) is 0 Å². The average molecular weight is 341 g/mol. The highest BCUT2D eigenvalue weighted by molar-refractivity contribution is 8.00. The Kier molecular flexibility index (Phi) is 3.69. The van der Waals surface area contributed by atoms with Crippen LogP contribution in [0.4, 0.5) is 0 Å². The Morgan fingerprint density at radius 2 is 1.92 bits per heavy atom. The maximum absolute atomic E-state index is 12.7. The third-order valence-electron chi connectivity index (χ3n) is 4.09. The molecule has 0 N–H and O–H groups in total. The molecule has 0 fully saturated rings. The number of oxazole rings is 1. The quantitative estimate of drug-likeness (QED) is 0.720. The lowest BCUT2D eigenvalue weighted by atomic mass is 10.1. The predicted molar refractivity (Wildman–Crippen MR) is 91.2 cm³/mol. The molecule has 0 saturated heterocycles. The van der Waals surface area contributed by atoms with Gasteiger partial charge in [-0.1, -0.05) is 23.9 Å². The van der Waals surface area contributed by atoms with E-state index >= 15 is 0 Å². The Morgan fingerprint density at radius 3 is 2.67 bits per heavy atom. The van der Waals surface area contributed by atoms with E-state index in [0.29, 0.717) is 28.7 Å². The fourth-order valence-electron chi connectivity index (χ4n) is 2.90. The summed E-state index contributed by atoms with van der Waals surface area (Å²) in [5.74, 6) is 1.27. The van der Waals surface area contributed by atoms with Crippen LogP contribution in [-0.2, 0) is 6.42 Å². The van der Waals surface area contributed by atoms with Crippen molar-refractivity contribution < 1.29 is 18.7 Å². The number of methoxy groups -OCH3 is 2. The summed E-state index contributed by atoms with van der Waals surface area (Å²) in [7, 11) is 3.15. The summed E-state index contributed by atoms with van der Waals surface area (Å²) in [4.78, 5) is 17.1. The Labute approximate surface area is 143 Å². The second-order valence-electron chi connectivity index (χ2n) is 5.49. The number of ketones is 1. The monoisotopic (exact) mass is 341 g/mol. The van der Waals surface area contributed by atoms with Crippen molar-refractivity contribution in [2.75, 3.05) is 14.2 Å². The lowest BCUT2D eigenvalue weighted by Crippen LogP contribution is -2.11. The van der Waals surface area contributed by atoms with Crippen LogP contribution >= 0.6 is 11.8 Å². The Hall–Kier alpha value is -2.47. The van der Waals surface area contributed by atoms with Crippen molar-refractivity contribution >= 4 is 28.6 Å². The van der Waals surface area contributed by atoms with E-state index < -0.39 is 0 Å². The smallest absolute Gasteiger partial charge is 0.257 e. The SMILES string of the molecule is COc1cc2c(cc1OC)C(=O)[C@H](Sc1nc3ccccc3o1)C2. The number of fused-ring (bicyclic) bond motifs is 2. The van der Waals surface area contributed by atoms with E-state index in [1.54, 1.807) is 20.3 Å². The molecule has 5 nitrogen and oxygen atoms in total. The summed E-state index contributed by atoms with van der Waals surface area (Å²) >= 11 is 1.36. The molecule has 2 aromatic carbocycles. The zero-order valence-corrected chi connectivity index (χ0v) is 14.1. The fraction of sp³-hybridized carbons (Fsp3) is 0.222. The lowest BCUT2D eigenvalue weighted by Gasteiger charge is -2.09. The van der Waals surface area contributed by atoms with Crippen molar-refractivity contribution in [3.8, 4) is 11.5 Å². The van der Waals surface area contributed by atoms with Gasteiger partial charge in [0.15, 0.2) is 22.9 Å². The Bertz CT molecular complexity index is 901. The van der Waals surface area contributed by atoms with Crippen LogP contribution in [0.1, 0.15) is 15.9 Å². The zero-order chi connectivity index (χ0) is 16.7. The van der Waals surface area contributed by atoms with Crippen LogP contribution in [-0.4, -0.2) is 30.2 Å². The second kappa shape index (κ2) is 5.87. The van der Waals surface area contributed by atoms with Gasteiger partial charge < -0.3 is 13.9 Å². The summed E-state index contributed by atoms with van der Waals surface area (Å²) in [6.45, 7) is 0. The molecule has 0 amide bonds. The molecule has 1 heterocycles. The van der Waals surface area contributed by atoms with Crippen molar-refractivity contribution in [3.63, 3.8) is 0 Å². The molecule has 24 heavy (non-hydrogen) atoms. The number of para-hydroxylation sites is 2. The number of hydrogen-bond acceptors (Lipinski definition) is 6. The molecule has 1 aromatic heterocycles. The average Bonchev–Trinajstić information content (AvgIpc) is 3.14. The molecule has 0 unspecified atom stereocenters. The summed E-state index contributed by atoms with van der Waals surface area (Å²) in [5.41, 5.74) is 3.17. The summed E-state index contributed by atoms with van der Waals surface area (Å²) in [6.07, 6.45) is 0.623. The number of Topliss-reactive ketones (excluding diaryl/α,β-unsaturated/α-hetero) is 1. The second-order valence-corrected chi connectivity index (χ2v) is 6.64. The van der Waals surface area contributed by atoms with E-state index in [9.17, 15) is 4.79 Å². The molecule has 0 bridgehead atoms. The van der Waals surface area contributed by atoms with Gasteiger partial charge in [-0.05, 0) is 36.2 Å². The van der Waals surface area contributed by atoms with E-state index in [2.05, 4.69) is 4.98 Å². The molecule has 1 atom stereocenters. The third-order valence-corrected chi connectivity index (χ3v) is 5.13. The molecular weight excluding hydrogens is 326 g/mol. The van der Waals surface area contributed by atoms with Gasteiger partial charge in [0, 0.05) is 5.56 Å².